The molecule has 148 valence electrons. The third-order valence-electron chi connectivity index (χ3n) is 4.65. The molecule has 3 N–H and O–H groups in total. The van der Waals surface area contributed by atoms with Crippen molar-refractivity contribution in [3.63, 3.8) is 0 Å². The number of nitrogens with zero attached hydrogens (tertiary/aromatic N) is 2. The summed E-state index contributed by atoms with van der Waals surface area (Å²) in [6.07, 6.45) is 8.07. The van der Waals surface area contributed by atoms with E-state index in [0.29, 0.717) is 5.96 Å². The molecule has 5 nitrogen and oxygen atoms in total. The lowest BCUT2D eigenvalue weighted by Gasteiger charge is -2.30. The Bertz CT molecular complexity index is 527. The monoisotopic (exact) mass is 474 g/mol. The first-order valence-corrected chi connectivity index (χ1v) is 9.58. The average Bonchev–Trinajstić information content (AvgIpc) is 2.60. The maximum Gasteiger partial charge on any atom is 0.193 e. The molecule has 0 aliphatic heterocycles. The lowest BCUT2D eigenvalue weighted by Crippen LogP contribution is -2.34. The molecule has 1 fully saturated rings. The molecule has 1 aliphatic rings. The quantitative estimate of drug-likeness (QED) is 0.253. The van der Waals surface area contributed by atoms with Gasteiger partial charge in [0.25, 0.3) is 0 Å². The minimum atomic E-state index is 0. The Balaban J connectivity index is 0.00000338. The van der Waals surface area contributed by atoms with Gasteiger partial charge in [0.05, 0.1) is 6.10 Å². The van der Waals surface area contributed by atoms with Crippen LogP contribution >= 0.6 is 24.0 Å². The number of hydrogen-bond donors (Lipinski definition) is 2. The summed E-state index contributed by atoms with van der Waals surface area (Å²) in [5.74, 6) is 1.33. The zero-order chi connectivity index (χ0) is 18.1. The largest absolute Gasteiger partial charge is 0.491 e. The summed E-state index contributed by atoms with van der Waals surface area (Å²) in [5, 5.41) is 3.13. The van der Waals surface area contributed by atoms with Gasteiger partial charge in [-0.2, -0.15) is 0 Å². The second kappa shape index (κ2) is 12.4. The molecular formula is C20H35IN4O. The van der Waals surface area contributed by atoms with Crippen molar-refractivity contribution in [2.75, 3.05) is 25.5 Å². The Morgan fingerprint density at radius 1 is 1.23 bits per heavy atom. The van der Waals surface area contributed by atoms with Gasteiger partial charge in [0.15, 0.2) is 5.96 Å². The first-order chi connectivity index (χ1) is 12.0. The third kappa shape index (κ3) is 8.58. The molecule has 1 aromatic carbocycles. The number of rotatable bonds is 8. The van der Waals surface area contributed by atoms with Crippen LogP contribution in [-0.2, 0) is 0 Å². The van der Waals surface area contributed by atoms with Crippen molar-refractivity contribution in [3.05, 3.63) is 24.3 Å². The van der Waals surface area contributed by atoms with E-state index in [-0.39, 0.29) is 30.1 Å². The number of halogens is 1. The Morgan fingerprint density at radius 3 is 2.50 bits per heavy atom. The summed E-state index contributed by atoms with van der Waals surface area (Å²) in [7, 11) is 2.24. The molecule has 1 saturated carbocycles. The van der Waals surface area contributed by atoms with Crippen LogP contribution in [0.25, 0.3) is 0 Å². The van der Waals surface area contributed by atoms with Crippen LogP contribution in [0.2, 0.25) is 0 Å². The minimum absolute atomic E-state index is 0. The van der Waals surface area contributed by atoms with Gasteiger partial charge in [-0.15, -0.1) is 24.0 Å². The van der Waals surface area contributed by atoms with E-state index < -0.39 is 0 Å². The molecule has 0 heterocycles. The van der Waals surface area contributed by atoms with Gasteiger partial charge in [0.2, 0.25) is 0 Å². The number of ether oxygens (including phenoxy) is 1. The van der Waals surface area contributed by atoms with Crippen LogP contribution in [0.15, 0.2) is 29.3 Å². The molecule has 0 spiro atoms. The van der Waals surface area contributed by atoms with E-state index in [9.17, 15) is 0 Å². The van der Waals surface area contributed by atoms with Crippen LogP contribution in [0.3, 0.4) is 0 Å². The van der Waals surface area contributed by atoms with Gasteiger partial charge in [-0.3, -0.25) is 4.99 Å². The van der Waals surface area contributed by atoms with Crippen molar-refractivity contribution in [3.8, 4) is 5.75 Å². The van der Waals surface area contributed by atoms with Gasteiger partial charge >= 0.3 is 0 Å². The molecule has 0 atom stereocenters. The maximum absolute atomic E-state index is 5.98. The molecule has 2 rings (SSSR count). The molecule has 1 aliphatic carbocycles. The number of benzene rings is 1. The zero-order valence-electron chi connectivity index (χ0n) is 16.4. The average molecular weight is 474 g/mol. The van der Waals surface area contributed by atoms with Crippen molar-refractivity contribution in [1.82, 2.24) is 4.90 Å². The van der Waals surface area contributed by atoms with Crippen molar-refractivity contribution < 1.29 is 4.74 Å². The number of hydrogen-bond acceptors (Lipinski definition) is 3. The first-order valence-electron chi connectivity index (χ1n) is 9.58. The standard InChI is InChI=1S/C20H34N4O.HI/c1-16(2)25-19-12-10-17(11-13-19)23-20(21)22-14-7-15-24(3)18-8-5-4-6-9-18;/h10-13,16,18H,4-9,14-15H2,1-3H3,(H3,21,22,23);1H. The van der Waals surface area contributed by atoms with Crippen molar-refractivity contribution in [2.24, 2.45) is 10.7 Å². The predicted octanol–water partition coefficient (Wildman–Crippen LogP) is 4.47. The summed E-state index contributed by atoms with van der Waals surface area (Å²) in [6, 6.07) is 8.55. The Morgan fingerprint density at radius 2 is 1.88 bits per heavy atom. The zero-order valence-corrected chi connectivity index (χ0v) is 18.7. The van der Waals surface area contributed by atoms with Crippen LogP contribution in [-0.4, -0.2) is 43.1 Å². The summed E-state index contributed by atoms with van der Waals surface area (Å²) < 4.78 is 5.63. The molecular weight excluding hydrogens is 439 g/mol. The van der Waals surface area contributed by atoms with E-state index in [0.717, 1.165) is 37.0 Å². The van der Waals surface area contributed by atoms with E-state index in [2.05, 4.69) is 22.3 Å². The van der Waals surface area contributed by atoms with Gasteiger partial charge in [0.1, 0.15) is 5.75 Å². The van der Waals surface area contributed by atoms with E-state index in [1.165, 1.54) is 32.1 Å². The highest BCUT2D eigenvalue weighted by Crippen LogP contribution is 2.21. The molecule has 1 aromatic rings. The highest BCUT2D eigenvalue weighted by atomic mass is 127. The normalized spacial score (nSPS) is 15.8. The summed E-state index contributed by atoms with van der Waals surface area (Å²) in [4.78, 5) is 6.92. The second-order valence-corrected chi connectivity index (χ2v) is 7.21. The van der Waals surface area contributed by atoms with Crippen molar-refractivity contribution in [2.45, 2.75) is 64.5 Å². The molecule has 0 saturated heterocycles. The Labute approximate surface area is 175 Å². The van der Waals surface area contributed by atoms with Crippen LogP contribution in [0.1, 0.15) is 52.4 Å². The Hall–Kier alpha value is -1.02. The fourth-order valence-electron chi connectivity index (χ4n) is 3.30. The first kappa shape index (κ1) is 23.0. The molecule has 0 amide bonds. The van der Waals surface area contributed by atoms with E-state index >= 15 is 0 Å². The molecule has 0 radical (unpaired) electrons. The maximum atomic E-state index is 5.98. The number of nitrogens with two attached hydrogens (primary N) is 1. The molecule has 0 aromatic heterocycles. The second-order valence-electron chi connectivity index (χ2n) is 7.21. The van der Waals surface area contributed by atoms with E-state index in [1.54, 1.807) is 0 Å². The third-order valence-corrected chi connectivity index (χ3v) is 4.65. The molecule has 0 unspecified atom stereocenters. The lowest BCUT2D eigenvalue weighted by molar-refractivity contribution is 0.191. The van der Waals surface area contributed by atoms with Crippen LogP contribution in [0.5, 0.6) is 5.75 Å². The highest BCUT2D eigenvalue weighted by molar-refractivity contribution is 14.0. The van der Waals surface area contributed by atoms with E-state index in [1.807, 2.05) is 38.1 Å². The Kier molecular flexibility index (Phi) is 11.0. The lowest BCUT2D eigenvalue weighted by atomic mass is 9.94. The molecule has 6 heteroatoms. The van der Waals surface area contributed by atoms with E-state index in [4.69, 9.17) is 10.5 Å². The number of guanidine groups is 1. The van der Waals surface area contributed by atoms with Gasteiger partial charge in [-0.05, 0) is 71.0 Å². The number of nitrogens with one attached hydrogen (secondary N) is 1. The fraction of sp³-hybridized carbons (Fsp3) is 0.650. The summed E-state index contributed by atoms with van der Waals surface area (Å²) >= 11 is 0. The highest BCUT2D eigenvalue weighted by Gasteiger charge is 2.17. The fourth-order valence-corrected chi connectivity index (χ4v) is 3.30. The summed E-state index contributed by atoms with van der Waals surface area (Å²) in [5.41, 5.74) is 6.91. The smallest absolute Gasteiger partial charge is 0.193 e. The van der Waals surface area contributed by atoms with Gasteiger partial charge in [-0.1, -0.05) is 19.3 Å². The number of aliphatic imine (C=N–C) groups is 1. The van der Waals surface area contributed by atoms with Crippen molar-refractivity contribution >= 4 is 35.6 Å². The van der Waals surface area contributed by atoms with Crippen LogP contribution in [0.4, 0.5) is 5.69 Å². The number of anilines is 1. The van der Waals surface area contributed by atoms with Gasteiger partial charge in [-0.25, -0.2) is 0 Å². The SMILES string of the molecule is CC(C)Oc1ccc(NC(N)=NCCCN(C)C2CCCCC2)cc1.I. The minimum Gasteiger partial charge on any atom is -0.491 e. The molecule has 0 bridgehead atoms. The predicted molar refractivity (Wildman–Crippen MR) is 122 cm³/mol. The van der Waals surface area contributed by atoms with Gasteiger partial charge < -0.3 is 20.7 Å². The van der Waals surface area contributed by atoms with Gasteiger partial charge in [0, 0.05) is 18.3 Å². The molecule has 26 heavy (non-hydrogen) atoms. The van der Waals surface area contributed by atoms with Crippen molar-refractivity contribution in [1.29, 1.82) is 0 Å². The van der Waals surface area contributed by atoms with Crippen LogP contribution < -0.4 is 15.8 Å². The van der Waals surface area contributed by atoms with Crippen LogP contribution in [0, 0.1) is 0 Å². The summed E-state index contributed by atoms with van der Waals surface area (Å²) in [6.45, 7) is 5.87. The topological polar surface area (TPSA) is 62.9 Å².